The minimum absolute atomic E-state index is 0.0267. The van der Waals surface area contributed by atoms with Crippen LogP contribution in [-0.2, 0) is 41.6 Å². The summed E-state index contributed by atoms with van der Waals surface area (Å²) in [5.41, 5.74) is 14.3. The molecule has 0 unspecified atom stereocenters. The van der Waals surface area contributed by atoms with Gasteiger partial charge < -0.3 is 36.4 Å². The Hall–Kier alpha value is -4.18. The first-order valence-corrected chi connectivity index (χ1v) is 21.8. The summed E-state index contributed by atoms with van der Waals surface area (Å²) in [4.78, 5) is 69.3. The van der Waals surface area contributed by atoms with Crippen LogP contribution in [0.3, 0.4) is 0 Å². The Morgan fingerprint density at radius 3 is 1.92 bits per heavy atom. The monoisotopic (exact) mass is 857 g/mol. The smallest absolute Gasteiger partial charge is 0.475 e. The molecule has 2 aromatic carbocycles. The van der Waals surface area contributed by atoms with Gasteiger partial charge in [0.1, 0.15) is 0 Å². The van der Waals surface area contributed by atoms with Crippen LogP contribution in [-0.4, -0.2) is 114 Å². The van der Waals surface area contributed by atoms with Gasteiger partial charge in [-0.25, -0.2) is 4.79 Å². The molecule has 338 valence electrons. The predicted molar refractivity (Wildman–Crippen MR) is 226 cm³/mol. The number of carboxylic acids is 1. The molecule has 2 amide bonds. The van der Waals surface area contributed by atoms with Crippen molar-refractivity contribution in [3.8, 4) is 0 Å². The first-order chi connectivity index (χ1) is 29.0. The first kappa shape index (κ1) is 49.5. The van der Waals surface area contributed by atoms with Crippen molar-refractivity contribution >= 4 is 29.4 Å². The third-order valence-electron chi connectivity index (χ3n) is 12.2. The average Bonchev–Trinajstić information content (AvgIpc) is 3.22. The quantitative estimate of drug-likeness (QED) is 0.127. The molecule has 0 radical (unpaired) electrons. The van der Waals surface area contributed by atoms with Gasteiger partial charge in [-0.3, -0.25) is 19.2 Å². The zero-order chi connectivity index (χ0) is 44.6. The van der Waals surface area contributed by atoms with E-state index in [0.717, 1.165) is 89.0 Å². The summed E-state index contributed by atoms with van der Waals surface area (Å²) < 4.78 is 37.3. The Balaban J connectivity index is 0.00000107. The van der Waals surface area contributed by atoms with Gasteiger partial charge in [-0.1, -0.05) is 80.9 Å². The lowest BCUT2D eigenvalue weighted by Gasteiger charge is -2.55. The van der Waals surface area contributed by atoms with Crippen LogP contribution < -0.4 is 16.8 Å². The molecule has 1 spiro atoms. The number of carbonyl (C=O) groups excluding carboxylic acids is 4. The third-order valence-corrected chi connectivity index (χ3v) is 12.2. The largest absolute Gasteiger partial charge is 0.490 e. The second-order valence-corrected chi connectivity index (χ2v) is 17.6. The number of rotatable bonds is 20. The molecule has 0 bridgehead atoms. The highest BCUT2D eigenvalue weighted by atomic mass is 19.4. The Morgan fingerprint density at radius 2 is 1.39 bits per heavy atom. The zero-order valence-electron chi connectivity index (χ0n) is 35.8. The van der Waals surface area contributed by atoms with Crippen LogP contribution >= 0.6 is 0 Å². The SMILES string of the molecule is CC(C)C[C@@H](NC(=O)[C@H](CC(=O)[C@H](N)Cc1ccccc1)Cc1ccccc1)C(=O)C[C@H](CCCCN)C(=O)N1CC2(CCN(C3CCOCC3)CC2)C1.O=C(O)C(F)(F)F. The second kappa shape index (κ2) is 23.9. The molecule has 0 aromatic heterocycles. The van der Waals surface area contributed by atoms with Gasteiger partial charge in [-0.15, -0.1) is 0 Å². The van der Waals surface area contributed by atoms with Gasteiger partial charge >= 0.3 is 12.1 Å². The molecule has 3 aliphatic rings. The van der Waals surface area contributed by atoms with Gasteiger partial charge in [-0.05, 0) is 94.5 Å². The van der Waals surface area contributed by atoms with E-state index < -0.39 is 36.1 Å². The molecule has 12 nitrogen and oxygen atoms in total. The van der Waals surface area contributed by atoms with Gasteiger partial charge in [0.05, 0.1) is 12.1 Å². The number of amides is 2. The number of hydrogen-bond donors (Lipinski definition) is 4. The van der Waals surface area contributed by atoms with E-state index in [1.54, 1.807) is 0 Å². The van der Waals surface area contributed by atoms with E-state index >= 15 is 0 Å². The molecule has 0 aliphatic carbocycles. The van der Waals surface area contributed by atoms with Gasteiger partial charge in [-0.2, -0.15) is 13.2 Å². The van der Waals surface area contributed by atoms with Crippen LogP contribution in [0.2, 0.25) is 0 Å². The van der Waals surface area contributed by atoms with E-state index in [9.17, 15) is 32.3 Å². The number of alkyl halides is 3. The van der Waals surface area contributed by atoms with Crippen molar-refractivity contribution in [3.05, 3.63) is 71.8 Å². The van der Waals surface area contributed by atoms with Crippen molar-refractivity contribution in [2.45, 2.75) is 115 Å². The maximum Gasteiger partial charge on any atom is 0.490 e. The lowest BCUT2D eigenvalue weighted by Crippen LogP contribution is -2.63. The summed E-state index contributed by atoms with van der Waals surface area (Å²) in [5, 5.41) is 10.2. The van der Waals surface area contributed by atoms with Crippen LogP contribution in [0.4, 0.5) is 13.2 Å². The normalized spacial score (nSPS) is 18.9. The molecule has 2 aromatic rings. The lowest BCUT2D eigenvalue weighted by atomic mass is 9.71. The van der Waals surface area contributed by atoms with Crippen LogP contribution in [0.15, 0.2) is 60.7 Å². The Kier molecular flexibility index (Phi) is 19.4. The summed E-state index contributed by atoms with van der Waals surface area (Å²) in [6.45, 7) is 9.92. The number of Topliss-reactive ketones (excluding diaryl/α,β-unsaturated/α-hetero) is 2. The highest BCUT2D eigenvalue weighted by molar-refractivity contribution is 5.95. The van der Waals surface area contributed by atoms with Crippen molar-refractivity contribution in [1.29, 1.82) is 0 Å². The number of nitrogens with one attached hydrogen (secondary N) is 1. The summed E-state index contributed by atoms with van der Waals surface area (Å²) in [6, 6.07) is 18.4. The molecular formula is C46H66F3N5O7. The standard InChI is InChI=1S/C44H65N5O5.C2HF3O2/c1-32(2)25-39(47-42(52)36(26-33-11-5-3-6-12-33)29-40(50)38(46)27-34-13-7-4-8-14-34)41(51)28-35(15-9-10-20-45)43(53)49-30-44(31-49)18-21-48(22-19-44)37-16-23-54-24-17-37;3-2(4,5)1(6)7/h3-8,11-14,32,35-39H,9-10,15-31,45-46H2,1-2H3,(H,47,52);(H,6,7)/t35-,36-,38+,39+;/m0./s1. The molecule has 6 N–H and O–H groups in total. The van der Waals surface area contributed by atoms with E-state index in [0.29, 0.717) is 38.3 Å². The molecule has 0 saturated carbocycles. The molecule has 15 heteroatoms. The van der Waals surface area contributed by atoms with Crippen LogP contribution in [0.25, 0.3) is 0 Å². The van der Waals surface area contributed by atoms with Gasteiger partial charge in [0.15, 0.2) is 11.6 Å². The number of carbonyl (C=O) groups is 5. The number of aliphatic carboxylic acids is 1. The lowest BCUT2D eigenvalue weighted by molar-refractivity contribution is -0.192. The predicted octanol–water partition coefficient (Wildman–Crippen LogP) is 5.35. The van der Waals surface area contributed by atoms with Gasteiger partial charge in [0, 0.05) is 62.4 Å². The number of piperidine rings is 1. The minimum Gasteiger partial charge on any atom is -0.475 e. The summed E-state index contributed by atoms with van der Waals surface area (Å²) in [7, 11) is 0. The number of ketones is 2. The number of benzene rings is 2. The van der Waals surface area contributed by atoms with Crippen molar-refractivity contribution < 1.29 is 47.0 Å². The van der Waals surface area contributed by atoms with Crippen molar-refractivity contribution in [2.24, 2.45) is 34.6 Å². The fourth-order valence-electron chi connectivity index (χ4n) is 8.70. The molecule has 3 heterocycles. The molecule has 3 aliphatic heterocycles. The fraction of sp³-hybridized carbons (Fsp3) is 0.630. The Morgan fingerprint density at radius 1 is 0.852 bits per heavy atom. The number of nitrogens with two attached hydrogens (primary N) is 2. The van der Waals surface area contributed by atoms with Gasteiger partial charge in [0.2, 0.25) is 11.8 Å². The molecule has 3 fully saturated rings. The summed E-state index contributed by atoms with van der Waals surface area (Å²) in [6.07, 6.45) is 2.69. The number of nitrogens with zero attached hydrogens (tertiary/aromatic N) is 2. The molecule has 61 heavy (non-hydrogen) atoms. The van der Waals surface area contributed by atoms with Crippen LogP contribution in [0.5, 0.6) is 0 Å². The Bertz CT molecular complexity index is 1690. The maximum atomic E-state index is 14.2. The van der Waals surface area contributed by atoms with Crippen molar-refractivity contribution in [1.82, 2.24) is 15.1 Å². The number of unbranched alkanes of at least 4 members (excludes halogenated alkanes) is 1. The number of carboxylic acid groups (broad SMARTS) is 1. The van der Waals surface area contributed by atoms with E-state index in [1.165, 1.54) is 0 Å². The summed E-state index contributed by atoms with van der Waals surface area (Å²) in [5.74, 6) is -4.38. The number of hydrogen-bond acceptors (Lipinski definition) is 9. The number of ether oxygens (including phenoxy) is 1. The average molecular weight is 858 g/mol. The molecule has 4 atom stereocenters. The van der Waals surface area contributed by atoms with E-state index in [-0.39, 0.29) is 47.6 Å². The van der Waals surface area contributed by atoms with Crippen molar-refractivity contribution in [3.63, 3.8) is 0 Å². The molecule has 5 rings (SSSR count). The Labute approximate surface area is 358 Å². The van der Waals surface area contributed by atoms with Crippen LogP contribution in [0, 0.1) is 23.2 Å². The highest BCUT2D eigenvalue weighted by Crippen LogP contribution is 2.42. The van der Waals surface area contributed by atoms with Gasteiger partial charge in [0.25, 0.3) is 0 Å². The van der Waals surface area contributed by atoms with E-state index in [4.69, 9.17) is 26.1 Å². The van der Waals surface area contributed by atoms with Crippen molar-refractivity contribution in [2.75, 3.05) is 45.9 Å². The highest BCUT2D eigenvalue weighted by Gasteiger charge is 2.48. The molecular weight excluding hydrogens is 792 g/mol. The van der Waals surface area contributed by atoms with E-state index in [2.05, 4.69) is 10.2 Å². The first-order valence-electron chi connectivity index (χ1n) is 21.8. The second-order valence-electron chi connectivity index (χ2n) is 17.6. The van der Waals surface area contributed by atoms with E-state index in [1.807, 2.05) is 79.4 Å². The fourth-order valence-corrected chi connectivity index (χ4v) is 8.70. The molecule has 3 saturated heterocycles. The summed E-state index contributed by atoms with van der Waals surface area (Å²) >= 11 is 0. The van der Waals surface area contributed by atoms with Crippen LogP contribution in [0.1, 0.15) is 89.2 Å². The minimum atomic E-state index is -5.08. The third kappa shape index (κ3) is 15.9. The zero-order valence-corrected chi connectivity index (χ0v) is 35.8. The number of halogens is 3. The maximum absolute atomic E-state index is 14.2. The number of likely N-dealkylation sites (tertiary alicyclic amines) is 2. The topological polar surface area (TPSA) is 185 Å².